The van der Waals surface area contributed by atoms with Crippen molar-refractivity contribution in [3.05, 3.63) is 48.2 Å². The first-order chi connectivity index (χ1) is 31.2. The summed E-state index contributed by atoms with van der Waals surface area (Å²) in [6.07, 6.45) is 28.4. The molecule has 358 valence electrons. The lowest BCUT2D eigenvalue weighted by molar-refractivity contribution is 0.0384. The van der Waals surface area contributed by atoms with E-state index in [0.29, 0.717) is 47.5 Å². The van der Waals surface area contributed by atoms with Crippen LogP contribution in [0.15, 0.2) is 46.3 Å². The van der Waals surface area contributed by atoms with Crippen molar-refractivity contribution >= 4 is 26.4 Å². The maximum Gasteiger partial charge on any atom is 0.213 e. The number of piperidine rings is 2. The molecule has 0 radical (unpaired) electrons. The van der Waals surface area contributed by atoms with E-state index in [2.05, 4.69) is 38.4 Å². The molecule has 0 N–H and O–H groups in total. The van der Waals surface area contributed by atoms with E-state index >= 15 is 8.78 Å². The van der Waals surface area contributed by atoms with Crippen molar-refractivity contribution in [1.29, 1.82) is 0 Å². The van der Waals surface area contributed by atoms with Crippen molar-refractivity contribution in [3.8, 4) is 11.5 Å². The summed E-state index contributed by atoms with van der Waals surface area (Å²) in [5, 5.41) is 0.604. The molecule has 0 atom stereocenters. The molecule has 0 saturated carbocycles. The average molecular weight is 910 g/mol. The lowest BCUT2D eigenvalue weighted by atomic mass is 9.99. The minimum atomic E-state index is -4.55. The second-order valence-electron chi connectivity index (χ2n) is 18.9. The van der Waals surface area contributed by atoms with Gasteiger partial charge in [0.1, 0.15) is 15.5 Å². The Morgan fingerprint density at radius 3 is 1.66 bits per heavy atom. The Hall–Kier alpha value is -3.06. The van der Waals surface area contributed by atoms with Crippen LogP contribution in [0.3, 0.4) is 0 Å². The number of aromatic nitrogens is 1. The lowest BCUT2D eigenvalue weighted by Gasteiger charge is -2.46. The molecular formula is C52H81F2N5O4S. The van der Waals surface area contributed by atoms with E-state index in [9.17, 15) is 8.42 Å². The molecule has 0 spiro atoms. The number of unbranched alkanes of at least 4 members (excludes halogenated alkanes) is 17. The first kappa shape index (κ1) is 50.4. The van der Waals surface area contributed by atoms with Gasteiger partial charge in [0.2, 0.25) is 15.7 Å². The third kappa shape index (κ3) is 14.0. The number of methoxy groups -OCH3 is 1. The van der Waals surface area contributed by atoms with Crippen molar-refractivity contribution in [1.82, 2.24) is 19.7 Å². The minimum absolute atomic E-state index is 0.139. The Morgan fingerprint density at radius 2 is 1.14 bits per heavy atom. The molecule has 9 nitrogen and oxygen atoms in total. The molecule has 3 aliphatic heterocycles. The molecule has 64 heavy (non-hydrogen) atoms. The van der Waals surface area contributed by atoms with E-state index in [0.717, 1.165) is 70.9 Å². The number of nitrogens with zero attached hydrogens (tertiary/aromatic N) is 5. The number of sulfone groups is 1. The highest BCUT2D eigenvalue weighted by Gasteiger charge is 2.35. The monoisotopic (exact) mass is 910 g/mol. The Bertz CT molecular complexity index is 1950. The first-order valence-electron chi connectivity index (χ1n) is 25.5. The van der Waals surface area contributed by atoms with E-state index in [4.69, 9.17) is 9.47 Å². The fraction of sp³-hybridized carbons (Fsp3) is 0.712. The summed E-state index contributed by atoms with van der Waals surface area (Å²) >= 11 is 0. The molecule has 12 heteroatoms. The maximum absolute atomic E-state index is 15.9. The number of rotatable bonds is 27. The van der Waals surface area contributed by atoms with Crippen LogP contribution in [0.2, 0.25) is 0 Å². The predicted octanol–water partition coefficient (Wildman–Crippen LogP) is 11.8. The molecule has 3 aromatic rings. The van der Waals surface area contributed by atoms with Crippen molar-refractivity contribution < 1.29 is 26.7 Å². The number of pyridine rings is 1. The highest BCUT2D eigenvalue weighted by Crippen LogP contribution is 2.40. The fourth-order valence-electron chi connectivity index (χ4n) is 10.4. The minimum Gasteiger partial charge on any atom is -0.497 e. The summed E-state index contributed by atoms with van der Waals surface area (Å²) < 4.78 is 71.7. The van der Waals surface area contributed by atoms with Gasteiger partial charge in [-0.2, -0.15) is 4.39 Å². The molecule has 0 unspecified atom stereocenters. The van der Waals surface area contributed by atoms with Gasteiger partial charge in [-0.25, -0.2) is 12.8 Å². The number of halogens is 2. The van der Waals surface area contributed by atoms with Gasteiger partial charge in [-0.15, -0.1) is 0 Å². The van der Waals surface area contributed by atoms with Crippen molar-refractivity contribution in [3.63, 3.8) is 0 Å². The molecule has 3 fully saturated rings. The van der Waals surface area contributed by atoms with Crippen LogP contribution < -0.4 is 14.4 Å². The van der Waals surface area contributed by atoms with E-state index in [1.165, 1.54) is 135 Å². The topological polar surface area (TPSA) is 78.4 Å². The smallest absolute Gasteiger partial charge is 0.213 e. The van der Waals surface area contributed by atoms with Crippen LogP contribution in [0.1, 0.15) is 155 Å². The second kappa shape index (κ2) is 26.3. The van der Waals surface area contributed by atoms with Gasteiger partial charge in [0, 0.05) is 62.9 Å². The third-order valence-corrected chi connectivity index (χ3v) is 16.3. The van der Waals surface area contributed by atoms with Crippen molar-refractivity contribution in [2.24, 2.45) is 0 Å². The average Bonchev–Trinajstić information content (AvgIpc) is 3.33. The van der Waals surface area contributed by atoms with Gasteiger partial charge in [0.05, 0.1) is 24.9 Å². The van der Waals surface area contributed by atoms with Gasteiger partial charge >= 0.3 is 0 Å². The molecule has 4 heterocycles. The summed E-state index contributed by atoms with van der Waals surface area (Å²) in [5.41, 5.74) is 1.06. The summed E-state index contributed by atoms with van der Waals surface area (Å²) in [6, 6.07) is 8.85. The number of hydrogen-bond acceptors (Lipinski definition) is 9. The van der Waals surface area contributed by atoms with Crippen LogP contribution >= 0.6 is 0 Å². The van der Waals surface area contributed by atoms with Crippen LogP contribution in [-0.4, -0.2) is 113 Å². The third-order valence-electron chi connectivity index (χ3n) is 14.5. The Morgan fingerprint density at radius 1 is 0.625 bits per heavy atom. The Balaban J connectivity index is 0.974. The number of benzene rings is 2. The summed E-state index contributed by atoms with van der Waals surface area (Å²) in [7, 11) is -2.98. The number of piperazine rings is 1. The predicted molar refractivity (Wildman–Crippen MR) is 258 cm³/mol. The van der Waals surface area contributed by atoms with Crippen LogP contribution in [0, 0.1) is 11.6 Å². The first-order valence-corrected chi connectivity index (χ1v) is 27.0. The number of ether oxygens (including phenoxy) is 2. The molecule has 2 aromatic carbocycles. The lowest BCUT2D eigenvalue weighted by Crippen LogP contribution is -2.56. The molecule has 3 aliphatic rings. The molecule has 0 aliphatic carbocycles. The molecule has 6 rings (SSSR count). The summed E-state index contributed by atoms with van der Waals surface area (Å²) in [5.74, 6) is -2.42. The standard InChI is InChI=1S/C52H81F2N5O4S/c1-4-6-7-8-9-10-11-12-13-14-15-16-17-18-19-20-21-22-39-63-47-25-26-48(51(54)50(47)53)64(60,61)49-41-55-46-24-23-44(62-3)40-45(46)52(49)59-33-29-43(30-34-59)58-37-35-57(36-38-58)42-27-31-56(5-2)32-28-42/h23-26,40-43H,4-22,27-39H2,1-3H3. The van der Waals surface area contributed by atoms with E-state index < -0.39 is 26.4 Å². The normalized spacial score (nSPS) is 17.7. The van der Waals surface area contributed by atoms with Crippen LogP contribution in [-0.2, 0) is 9.84 Å². The van der Waals surface area contributed by atoms with E-state index in [-0.39, 0.29) is 17.3 Å². The largest absolute Gasteiger partial charge is 0.497 e. The molecule has 1 aromatic heterocycles. The highest BCUT2D eigenvalue weighted by molar-refractivity contribution is 7.91. The number of hydrogen-bond donors (Lipinski definition) is 0. The van der Waals surface area contributed by atoms with E-state index in [1.807, 2.05) is 0 Å². The van der Waals surface area contributed by atoms with Gasteiger partial charge in [0.25, 0.3) is 0 Å². The van der Waals surface area contributed by atoms with Crippen molar-refractivity contribution in [2.75, 3.05) is 77.5 Å². The zero-order valence-electron chi connectivity index (χ0n) is 39.8. The van der Waals surface area contributed by atoms with Crippen molar-refractivity contribution in [2.45, 2.75) is 177 Å². The highest BCUT2D eigenvalue weighted by atomic mass is 32.2. The zero-order valence-corrected chi connectivity index (χ0v) is 40.6. The number of anilines is 1. The van der Waals surface area contributed by atoms with Crippen LogP contribution in [0.4, 0.5) is 14.5 Å². The van der Waals surface area contributed by atoms with Crippen LogP contribution in [0.25, 0.3) is 10.9 Å². The SMILES string of the molecule is CCCCCCCCCCCCCCCCCCCCOc1ccc(S(=O)(=O)c2cnc3ccc(OC)cc3c2N2CCC(N3CCN(C4CCN(CC)CC4)CC3)CC2)c(F)c1F. The maximum atomic E-state index is 15.9. The molecular weight excluding hydrogens is 829 g/mol. The van der Waals surface area contributed by atoms with E-state index in [1.54, 1.807) is 25.3 Å². The Labute approximate surface area is 385 Å². The number of likely N-dealkylation sites (tertiary alicyclic amines) is 1. The van der Waals surface area contributed by atoms with Gasteiger partial charge in [-0.05, 0) is 82.1 Å². The van der Waals surface area contributed by atoms with Gasteiger partial charge in [-0.1, -0.05) is 123 Å². The van der Waals surface area contributed by atoms with Gasteiger partial charge in [-0.3, -0.25) is 14.8 Å². The second-order valence-corrected chi connectivity index (χ2v) is 20.7. The molecule has 3 saturated heterocycles. The molecule has 0 bridgehead atoms. The van der Waals surface area contributed by atoms with Gasteiger partial charge < -0.3 is 19.3 Å². The fourth-order valence-corrected chi connectivity index (χ4v) is 11.9. The summed E-state index contributed by atoms with van der Waals surface area (Å²) in [6.45, 7) is 13.8. The summed E-state index contributed by atoms with van der Waals surface area (Å²) in [4.78, 5) is 13.6. The van der Waals surface area contributed by atoms with Crippen LogP contribution in [0.5, 0.6) is 11.5 Å². The zero-order chi connectivity index (χ0) is 45.2. The quantitative estimate of drug-likeness (QED) is 0.0695. The van der Waals surface area contributed by atoms with Gasteiger partial charge in [0.15, 0.2) is 11.6 Å². The molecule has 0 amide bonds. The number of fused-ring (bicyclic) bond motifs is 1. The Kier molecular flexibility index (Phi) is 20.7.